The van der Waals surface area contributed by atoms with Crippen molar-refractivity contribution in [3.05, 3.63) is 71.6 Å². The minimum Gasteiger partial charge on any atom is -0.451 e. The molecule has 9 heteroatoms. The number of rotatable bonds is 5. The molecular formula is C20H13FN4O3S. The van der Waals surface area contributed by atoms with E-state index in [4.69, 9.17) is 4.74 Å². The van der Waals surface area contributed by atoms with Crippen LogP contribution in [0.5, 0.6) is 0 Å². The highest BCUT2D eigenvalue weighted by Gasteiger charge is 2.14. The van der Waals surface area contributed by atoms with E-state index >= 15 is 0 Å². The van der Waals surface area contributed by atoms with Crippen LogP contribution in [0.1, 0.15) is 10.5 Å². The van der Waals surface area contributed by atoms with Crippen molar-refractivity contribution in [1.82, 2.24) is 15.0 Å². The van der Waals surface area contributed by atoms with E-state index < -0.39 is 18.5 Å². The van der Waals surface area contributed by atoms with Gasteiger partial charge in [0.05, 0.1) is 22.9 Å². The summed E-state index contributed by atoms with van der Waals surface area (Å²) in [4.78, 5) is 36.7. The number of anilines is 1. The maximum absolute atomic E-state index is 13.0. The summed E-state index contributed by atoms with van der Waals surface area (Å²) in [5.41, 5.74) is 2.56. The highest BCUT2D eigenvalue weighted by atomic mass is 32.1. The molecule has 2 aromatic carbocycles. The van der Waals surface area contributed by atoms with Gasteiger partial charge in [0.25, 0.3) is 5.91 Å². The molecule has 0 saturated heterocycles. The number of nitrogens with zero attached hydrogens (tertiary/aromatic N) is 3. The molecule has 0 unspecified atom stereocenters. The number of carbonyl (C=O) groups excluding carboxylic acids is 2. The third-order valence-electron chi connectivity index (χ3n) is 3.88. The number of hydrogen-bond donors (Lipinski definition) is 1. The van der Waals surface area contributed by atoms with E-state index in [1.807, 2.05) is 6.07 Å². The van der Waals surface area contributed by atoms with Crippen LogP contribution in [0.4, 0.5) is 9.52 Å². The molecule has 0 atom stereocenters. The van der Waals surface area contributed by atoms with Crippen LogP contribution < -0.4 is 5.32 Å². The smallest absolute Gasteiger partial charge is 0.359 e. The monoisotopic (exact) mass is 408 g/mol. The molecule has 7 nitrogen and oxygen atoms in total. The number of nitrogens with one attached hydrogen (secondary N) is 1. The summed E-state index contributed by atoms with van der Waals surface area (Å²) in [7, 11) is 0. The first kappa shape index (κ1) is 18.6. The highest BCUT2D eigenvalue weighted by molar-refractivity contribution is 7.14. The molecule has 144 valence electrons. The van der Waals surface area contributed by atoms with Crippen LogP contribution >= 0.6 is 11.3 Å². The number of halogens is 1. The molecule has 29 heavy (non-hydrogen) atoms. The molecule has 0 aliphatic heterocycles. The topological polar surface area (TPSA) is 94.1 Å². The Bertz CT molecular complexity index is 1190. The normalized spacial score (nSPS) is 10.7. The van der Waals surface area contributed by atoms with Gasteiger partial charge in [0, 0.05) is 10.9 Å². The standard InChI is InChI=1S/C20H13FN4O3S/c21-13-7-5-12(6-8-13)17-11-29-20(24-17)25-18(26)10-28-19(27)16-9-22-14-3-1-2-4-15(14)23-16/h1-9,11H,10H2,(H,24,25,26). The zero-order valence-corrected chi connectivity index (χ0v) is 15.6. The third kappa shape index (κ3) is 4.41. The van der Waals surface area contributed by atoms with Gasteiger partial charge in [-0.25, -0.2) is 19.2 Å². The Kier molecular flexibility index (Phi) is 5.21. The highest BCUT2D eigenvalue weighted by Crippen LogP contribution is 2.25. The Morgan fingerprint density at radius 2 is 1.79 bits per heavy atom. The Balaban J connectivity index is 1.35. The van der Waals surface area contributed by atoms with Gasteiger partial charge in [-0.3, -0.25) is 15.1 Å². The number of ether oxygens (including phenoxy) is 1. The lowest BCUT2D eigenvalue weighted by Gasteiger charge is -2.05. The van der Waals surface area contributed by atoms with Crippen LogP contribution in [0, 0.1) is 5.82 Å². The van der Waals surface area contributed by atoms with Crippen LogP contribution in [0.3, 0.4) is 0 Å². The fourth-order valence-electron chi connectivity index (χ4n) is 2.50. The third-order valence-corrected chi connectivity index (χ3v) is 4.64. The second-order valence-electron chi connectivity index (χ2n) is 5.91. The van der Waals surface area contributed by atoms with Crippen molar-refractivity contribution >= 4 is 39.4 Å². The Hall–Kier alpha value is -3.72. The average Bonchev–Trinajstić information content (AvgIpc) is 3.20. The van der Waals surface area contributed by atoms with Crippen LogP contribution in [-0.2, 0) is 9.53 Å². The molecule has 0 radical (unpaired) electrons. The van der Waals surface area contributed by atoms with E-state index in [1.54, 1.807) is 35.7 Å². The molecule has 4 rings (SSSR count). The van der Waals surface area contributed by atoms with Gasteiger partial charge in [-0.2, -0.15) is 0 Å². The summed E-state index contributed by atoms with van der Waals surface area (Å²) in [5.74, 6) is -1.62. The number of amides is 1. The van der Waals surface area contributed by atoms with E-state index in [1.165, 1.54) is 29.7 Å². The molecule has 2 heterocycles. The lowest BCUT2D eigenvalue weighted by Crippen LogP contribution is -2.21. The quantitative estimate of drug-likeness (QED) is 0.506. The number of fused-ring (bicyclic) bond motifs is 1. The molecule has 0 saturated carbocycles. The molecule has 0 aliphatic rings. The molecule has 0 spiro atoms. The largest absolute Gasteiger partial charge is 0.451 e. The van der Waals surface area contributed by atoms with E-state index in [-0.39, 0.29) is 11.5 Å². The Morgan fingerprint density at radius 3 is 2.59 bits per heavy atom. The predicted octanol–water partition coefficient (Wildman–Crippen LogP) is 3.69. The van der Waals surface area contributed by atoms with E-state index in [0.717, 1.165) is 5.56 Å². The van der Waals surface area contributed by atoms with Crippen molar-refractivity contribution < 1.29 is 18.7 Å². The van der Waals surface area contributed by atoms with Crippen molar-refractivity contribution in [2.24, 2.45) is 0 Å². The maximum Gasteiger partial charge on any atom is 0.359 e. The lowest BCUT2D eigenvalue weighted by molar-refractivity contribution is -0.119. The molecular weight excluding hydrogens is 395 g/mol. The molecule has 0 bridgehead atoms. The number of para-hydroxylation sites is 2. The van der Waals surface area contributed by atoms with Gasteiger partial charge in [-0.05, 0) is 36.4 Å². The van der Waals surface area contributed by atoms with E-state index in [9.17, 15) is 14.0 Å². The number of thiazole rings is 1. The lowest BCUT2D eigenvalue weighted by atomic mass is 10.2. The van der Waals surface area contributed by atoms with E-state index in [0.29, 0.717) is 21.9 Å². The fraction of sp³-hybridized carbons (Fsp3) is 0.0500. The van der Waals surface area contributed by atoms with Crippen molar-refractivity contribution in [2.45, 2.75) is 0 Å². The zero-order chi connectivity index (χ0) is 20.2. The number of carbonyl (C=O) groups is 2. The molecule has 2 aromatic heterocycles. The van der Waals surface area contributed by atoms with Gasteiger partial charge >= 0.3 is 5.97 Å². The molecule has 0 fully saturated rings. The van der Waals surface area contributed by atoms with Gasteiger partial charge in [-0.1, -0.05) is 12.1 Å². The summed E-state index contributed by atoms with van der Waals surface area (Å²) in [5, 5.41) is 4.64. The fourth-order valence-corrected chi connectivity index (χ4v) is 3.24. The molecule has 1 N–H and O–H groups in total. The predicted molar refractivity (Wildman–Crippen MR) is 106 cm³/mol. The Labute approximate surface area is 168 Å². The first-order valence-corrected chi connectivity index (χ1v) is 9.37. The van der Waals surface area contributed by atoms with Crippen LogP contribution in [0.15, 0.2) is 60.1 Å². The number of aromatic nitrogens is 3. The van der Waals surface area contributed by atoms with Crippen molar-refractivity contribution in [2.75, 3.05) is 11.9 Å². The first-order valence-electron chi connectivity index (χ1n) is 8.49. The number of esters is 1. The summed E-state index contributed by atoms with van der Waals surface area (Å²) in [6, 6.07) is 13.0. The Morgan fingerprint density at radius 1 is 1.03 bits per heavy atom. The van der Waals surface area contributed by atoms with Crippen LogP contribution in [-0.4, -0.2) is 33.4 Å². The SMILES string of the molecule is O=C(COC(=O)c1cnc2ccccc2n1)Nc1nc(-c2ccc(F)cc2)cs1. The zero-order valence-electron chi connectivity index (χ0n) is 14.8. The van der Waals surface area contributed by atoms with Gasteiger partial charge in [-0.15, -0.1) is 11.3 Å². The van der Waals surface area contributed by atoms with Gasteiger partial charge in [0.1, 0.15) is 5.82 Å². The number of hydrogen-bond acceptors (Lipinski definition) is 7. The summed E-state index contributed by atoms with van der Waals surface area (Å²) < 4.78 is 18.0. The summed E-state index contributed by atoms with van der Waals surface area (Å²) >= 11 is 1.21. The minimum absolute atomic E-state index is 0.0179. The van der Waals surface area contributed by atoms with Gasteiger partial charge < -0.3 is 4.74 Å². The van der Waals surface area contributed by atoms with Crippen LogP contribution in [0.25, 0.3) is 22.3 Å². The second kappa shape index (κ2) is 8.11. The van der Waals surface area contributed by atoms with Crippen molar-refractivity contribution in [1.29, 1.82) is 0 Å². The maximum atomic E-state index is 13.0. The first-order chi connectivity index (χ1) is 14.1. The molecule has 4 aromatic rings. The van der Waals surface area contributed by atoms with Crippen molar-refractivity contribution in [3.63, 3.8) is 0 Å². The minimum atomic E-state index is -0.746. The average molecular weight is 408 g/mol. The molecule has 1 amide bonds. The summed E-state index contributed by atoms with van der Waals surface area (Å²) in [6.45, 7) is -0.487. The summed E-state index contributed by atoms with van der Waals surface area (Å²) in [6.07, 6.45) is 1.30. The number of benzene rings is 2. The van der Waals surface area contributed by atoms with Gasteiger partial charge in [0.2, 0.25) is 0 Å². The van der Waals surface area contributed by atoms with Crippen LogP contribution in [0.2, 0.25) is 0 Å². The van der Waals surface area contributed by atoms with Gasteiger partial charge in [0.15, 0.2) is 17.4 Å². The second-order valence-corrected chi connectivity index (χ2v) is 6.77. The van der Waals surface area contributed by atoms with Crippen molar-refractivity contribution in [3.8, 4) is 11.3 Å². The molecule has 0 aliphatic carbocycles. The van der Waals surface area contributed by atoms with E-state index in [2.05, 4.69) is 20.3 Å².